The van der Waals surface area contributed by atoms with Gasteiger partial charge < -0.3 is 10.2 Å². The molecular formula is C15H21ClN2. The first kappa shape index (κ1) is 12.3. The third-order valence-electron chi connectivity index (χ3n) is 4.85. The first-order chi connectivity index (χ1) is 8.43. The van der Waals surface area contributed by atoms with E-state index in [1.807, 2.05) is 0 Å². The van der Waals surface area contributed by atoms with Crippen LogP contribution in [0.25, 0.3) is 0 Å². The third kappa shape index (κ3) is 1.74. The summed E-state index contributed by atoms with van der Waals surface area (Å²) >= 11 is 0. The van der Waals surface area contributed by atoms with Crippen LogP contribution in [-0.4, -0.2) is 19.6 Å². The predicted molar refractivity (Wildman–Crippen MR) is 77.7 cm³/mol. The molecular weight excluding hydrogens is 244 g/mol. The highest BCUT2D eigenvalue weighted by Gasteiger charge is 2.37. The largest absolute Gasteiger partial charge is 0.369 e. The Labute approximate surface area is 115 Å². The highest BCUT2D eigenvalue weighted by molar-refractivity contribution is 5.85. The van der Waals surface area contributed by atoms with E-state index >= 15 is 0 Å². The molecule has 0 aromatic heterocycles. The zero-order valence-electron chi connectivity index (χ0n) is 10.7. The van der Waals surface area contributed by atoms with Crippen LogP contribution in [0.1, 0.15) is 36.3 Å². The summed E-state index contributed by atoms with van der Waals surface area (Å²) in [6, 6.07) is 6.96. The molecule has 1 aromatic carbocycles. The number of fused-ring (bicyclic) bond motifs is 2. The average Bonchev–Trinajstić information content (AvgIpc) is 2.73. The number of nitrogens with one attached hydrogen (secondary N) is 1. The molecule has 0 unspecified atom stereocenters. The van der Waals surface area contributed by atoms with Crippen LogP contribution in [0.5, 0.6) is 0 Å². The second-order valence-electron chi connectivity index (χ2n) is 5.78. The lowest BCUT2D eigenvalue weighted by molar-refractivity contribution is 0.454. The van der Waals surface area contributed by atoms with Crippen molar-refractivity contribution in [2.24, 2.45) is 5.92 Å². The van der Waals surface area contributed by atoms with Crippen LogP contribution >= 0.6 is 12.4 Å². The molecule has 3 heteroatoms. The van der Waals surface area contributed by atoms with Gasteiger partial charge in [0.1, 0.15) is 0 Å². The van der Waals surface area contributed by atoms with Gasteiger partial charge in [-0.3, -0.25) is 0 Å². The van der Waals surface area contributed by atoms with Crippen molar-refractivity contribution in [2.45, 2.75) is 31.7 Å². The first-order valence-electron chi connectivity index (χ1n) is 7.01. The third-order valence-corrected chi connectivity index (χ3v) is 4.85. The van der Waals surface area contributed by atoms with Gasteiger partial charge in [-0.25, -0.2) is 0 Å². The average molecular weight is 265 g/mol. The zero-order chi connectivity index (χ0) is 11.2. The Morgan fingerprint density at radius 3 is 3.11 bits per heavy atom. The van der Waals surface area contributed by atoms with Crippen molar-refractivity contribution in [3.8, 4) is 0 Å². The molecule has 98 valence electrons. The Bertz CT molecular complexity index is 446. The van der Waals surface area contributed by atoms with Crippen molar-refractivity contribution in [3.63, 3.8) is 0 Å². The van der Waals surface area contributed by atoms with Crippen molar-refractivity contribution in [1.82, 2.24) is 5.32 Å². The maximum absolute atomic E-state index is 3.55. The minimum absolute atomic E-state index is 0. The number of benzene rings is 1. The molecule has 1 fully saturated rings. The van der Waals surface area contributed by atoms with Crippen LogP contribution in [0, 0.1) is 5.92 Å². The number of rotatable bonds is 0. The molecule has 2 atom stereocenters. The lowest BCUT2D eigenvalue weighted by Crippen LogP contribution is -2.38. The van der Waals surface area contributed by atoms with Gasteiger partial charge in [-0.15, -0.1) is 12.4 Å². The van der Waals surface area contributed by atoms with Crippen molar-refractivity contribution in [3.05, 3.63) is 29.3 Å². The van der Waals surface area contributed by atoms with Crippen LogP contribution in [-0.2, 0) is 6.54 Å². The van der Waals surface area contributed by atoms with Gasteiger partial charge in [0, 0.05) is 31.9 Å². The van der Waals surface area contributed by atoms with Crippen molar-refractivity contribution >= 4 is 18.1 Å². The molecule has 2 aliphatic heterocycles. The smallest absolute Gasteiger partial charge is 0.0447 e. The van der Waals surface area contributed by atoms with Gasteiger partial charge in [-0.1, -0.05) is 24.6 Å². The molecule has 1 saturated carbocycles. The van der Waals surface area contributed by atoms with Crippen LogP contribution in [0.2, 0.25) is 0 Å². The quantitative estimate of drug-likeness (QED) is 0.775. The molecule has 0 spiro atoms. The molecule has 1 aromatic rings. The van der Waals surface area contributed by atoms with E-state index in [1.165, 1.54) is 37.9 Å². The van der Waals surface area contributed by atoms with Crippen LogP contribution in [0.15, 0.2) is 18.2 Å². The number of para-hydroxylation sites is 1. The number of hydrogen-bond acceptors (Lipinski definition) is 2. The lowest BCUT2D eigenvalue weighted by Gasteiger charge is -2.38. The summed E-state index contributed by atoms with van der Waals surface area (Å²) in [4.78, 5) is 2.65. The fraction of sp³-hybridized carbons (Fsp3) is 0.600. The minimum Gasteiger partial charge on any atom is -0.369 e. The molecule has 0 amide bonds. The first-order valence-corrected chi connectivity index (χ1v) is 7.01. The SMILES string of the molecule is Cl.c1cc2c3c(c1)[C@H]1CCC[C@H]1CN3CCNC2. The van der Waals surface area contributed by atoms with Gasteiger partial charge in [0.05, 0.1) is 0 Å². The number of anilines is 1. The minimum atomic E-state index is 0. The summed E-state index contributed by atoms with van der Waals surface area (Å²) in [7, 11) is 0. The Kier molecular flexibility index (Phi) is 3.25. The van der Waals surface area contributed by atoms with E-state index < -0.39 is 0 Å². The lowest BCUT2D eigenvalue weighted by atomic mass is 9.82. The van der Waals surface area contributed by atoms with E-state index in [0.29, 0.717) is 0 Å². The summed E-state index contributed by atoms with van der Waals surface area (Å²) in [6.07, 6.45) is 4.30. The maximum Gasteiger partial charge on any atom is 0.0447 e. The monoisotopic (exact) mass is 264 g/mol. The molecule has 0 bridgehead atoms. The summed E-state index contributed by atoms with van der Waals surface area (Å²) in [6.45, 7) is 4.67. The zero-order valence-corrected chi connectivity index (χ0v) is 11.5. The maximum atomic E-state index is 3.55. The molecule has 4 rings (SSSR count). The van der Waals surface area contributed by atoms with Gasteiger partial charge in [-0.05, 0) is 35.8 Å². The molecule has 0 radical (unpaired) electrons. The summed E-state index contributed by atoms with van der Waals surface area (Å²) in [5.41, 5.74) is 4.76. The molecule has 0 saturated heterocycles. The van der Waals surface area contributed by atoms with Gasteiger partial charge in [0.25, 0.3) is 0 Å². The van der Waals surface area contributed by atoms with Gasteiger partial charge in [0.2, 0.25) is 0 Å². The van der Waals surface area contributed by atoms with Crippen LogP contribution < -0.4 is 10.2 Å². The van der Waals surface area contributed by atoms with Crippen molar-refractivity contribution < 1.29 is 0 Å². The fourth-order valence-electron chi connectivity index (χ4n) is 4.12. The molecule has 18 heavy (non-hydrogen) atoms. The molecule has 2 heterocycles. The molecule has 1 N–H and O–H groups in total. The predicted octanol–water partition coefficient (Wildman–Crippen LogP) is 2.92. The van der Waals surface area contributed by atoms with Crippen LogP contribution in [0.3, 0.4) is 0 Å². The van der Waals surface area contributed by atoms with E-state index in [2.05, 4.69) is 28.4 Å². The van der Waals surface area contributed by atoms with E-state index in [0.717, 1.165) is 24.9 Å². The summed E-state index contributed by atoms with van der Waals surface area (Å²) in [5, 5.41) is 3.55. The van der Waals surface area contributed by atoms with Crippen molar-refractivity contribution in [1.29, 1.82) is 0 Å². The highest BCUT2D eigenvalue weighted by atomic mass is 35.5. The Morgan fingerprint density at radius 1 is 1.22 bits per heavy atom. The topological polar surface area (TPSA) is 15.3 Å². The molecule has 1 aliphatic carbocycles. The number of hydrogen-bond donors (Lipinski definition) is 1. The van der Waals surface area contributed by atoms with Crippen LogP contribution in [0.4, 0.5) is 5.69 Å². The number of nitrogens with zero attached hydrogens (tertiary/aromatic N) is 1. The second-order valence-corrected chi connectivity index (χ2v) is 5.78. The summed E-state index contributed by atoms with van der Waals surface area (Å²) < 4.78 is 0. The fourth-order valence-corrected chi connectivity index (χ4v) is 4.12. The van der Waals surface area contributed by atoms with E-state index in [1.54, 1.807) is 11.3 Å². The van der Waals surface area contributed by atoms with E-state index in [-0.39, 0.29) is 12.4 Å². The Balaban J connectivity index is 0.000001000. The van der Waals surface area contributed by atoms with E-state index in [9.17, 15) is 0 Å². The summed E-state index contributed by atoms with van der Waals surface area (Å²) in [5.74, 6) is 1.79. The highest BCUT2D eigenvalue weighted by Crippen LogP contribution is 2.48. The number of halogens is 1. The Hall–Kier alpha value is -0.730. The molecule has 3 aliphatic rings. The van der Waals surface area contributed by atoms with Crippen molar-refractivity contribution in [2.75, 3.05) is 24.5 Å². The van der Waals surface area contributed by atoms with Gasteiger partial charge in [0.15, 0.2) is 0 Å². The second kappa shape index (κ2) is 4.75. The normalized spacial score (nSPS) is 29.0. The Morgan fingerprint density at radius 2 is 2.17 bits per heavy atom. The van der Waals surface area contributed by atoms with E-state index in [4.69, 9.17) is 0 Å². The van der Waals surface area contributed by atoms with Gasteiger partial charge in [-0.2, -0.15) is 0 Å². The van der Waals surface area contributed by atoms with Gasteiger partial charge >= 0.3 is 0 Å². The standard InChI is InChI=1S/C15H20N2.ClH/c1-3-11-9-16-7-8-17-10-12-4-2-5-13(12)14(6-1)15(11)17;/h1,3,6,12-13,16H,2,4-5,7-10H2;1H/t12-,13-;/m0./s1. The molecule has 2 nitrogen and oxygen atoms in total.